The van der Waals surface area contributed by atoms with E-state index >= 15 is 0 Å². The molecule has 1 aromatic heterocycles. The fourth-order valence-electron chi connectivity index (χ4n) is 3.37. The van der Waals surface area contributed by atoms with E-state index in [1.54, 1.807) is 13.3 Å². The van der Waals surface area contributed by atoms with Crippen LogP contribution in [0.2, 0.25) is 0 Å². The largest absolute Gasteiger partial charge is 0.497 e. The quantitative estimate of drug-likeness (QED) is 0.500. The minimum absolute atomic E-state index is 0.116. The summed E-state index contributed by atoms with van der Waals surface area (Å²) >= 11 is 0. The molecular formula is C22H23N5O2. The van der Waals surface area contributed by atoms with Gasteiger partial charge in [0.15, 0.2) is 0 Å². The molecule has 4 rings (SSSR count). The van der Waals surface area contributed by atoms with Crippen LogP contribution in [-0.2, 0) is 19.5 Å². The molecule has 29 heavy (non-hydrogen) atoms. The molecule has 3 aromatic rings. The van der Waals surface area contributed by atoms with E-state index in [1.165, 1.54) is 5.56 Å². The predicted octanol–water partition coefficient (Wildman–Crippen LogP) is 2.78. The first-order valence-corrected chi connectivity index (χ1v) is 9.53. The number of ether oxygens (including phenoxy) is 1. The molecule has 2 heterocycles. The van der Waals surface area contributed by atoms with Gasteiger partial charge < -0.3 is 4.74 Å². The van der Waals surface area contributed by atoms with Crippen molar-refractivity contribution in [2.24, 2.45) is 5.10 Å². The van der Waals surface area contributed by atoms with E-state index in [0.717, 1.165) is 42.1 Å². The molecule has 0 saturated heterocycles. The third-order valence-corrected chi connectivity index (χ3v) is 4.90. The van der Waals surface area contributed by atoms with Crippen LogP contribution in [0, 0.1) is 0 Å². The van der Waals surface area contributed by atoms with Gasteiger partial charge in [0.25, 0.3) is 5.56 Å². The highest BCUT2D eigenvalue weighted by molar-refractivity contribution is 5.80. The van der Waals surface area contributed by atoms with Crippen molar-refractivity contribution in [1.29, 1.82) is 0 Å². The van der Waals surface area contributed by atoms with Crippen molar-refractivity contribution in [2.45, 2.75) is 19.5 Å². The first kappa shape index (κ1) is 18.9. The summed E-state index contributed by atoms with van der Waals surface area (Å²) in [6.07, 6.45) is 2.41. The van der Waals surface area contributed by atoms with Crippen molar-refractivity contribution in [3.05, 3.63) is 87.3 Å². The molecule has 0 aliphatic carbocycles. The Morgan fingerprint density at radius 2 is 2.00 bits per heavy atom. The van der Waals surface area contributed by atoms with Gasteiger partial charge in [-0.05, 0) is 35.4 Å². The minimum Gasteiger partial charge on any atom is -0.497 e. The van der Waals surface area contributed by atoms with E-state index in [4.69, 9.17) is 4.74 Å². The summed E-state index contributed by atoms with van der Waals surface area (Å²) in [6, 6.07) is 17.8. The standard InChI is InChI=1S/C22H23N5O2/c1-29-18-9-7-16(8-10-18)13-23-26-22-24-20-11-12-27(15-19(20)21(28)25-22)14-17-5-3-2-4-6-17/h2-10,13H,11-12,14-15H2,1H3,(H2,24,25,26,28)/b23-13-. The minimum atomic E-state index is -0.116. The lowest BCUT2D eigenvalue weighted by molar-refractivity contribution is 0.242. The third-order valence-electron chi connectivity index (χ3n) is 4.90. The summed E-state index contributed by atoms with van der Waals surface area (Å²) in [5, 5.41) is 4.17. The Morgan fingerprint density at radius 3 is 2.76 bits per heavy atom. The van der Waals surface area contributed by atoms with Gasteiger partial charge in [-0.2, -0.15) is 5.10 Å². The Morgan fingerprint density at radius 1 is 1.21 bits per heavy atom. The summed E-state index contributed by atoms with van der Waals surface area (Å²) in [6.45, 7) is 2.29. The number of fused-ring (bicyclic) bond motifs is 1. The Labute approximate surface area is 169 Å². The van der Waals surface area contributed by atoms with Gasteiger partial charge in [0.2, 0.25) is 5.95 Å². The number of benzene rings is 2. The number of hydrogen-bond acceptors (Lipinski definition) is 6. The van der Waals surface area contributed by atoms with Gasteiger partial charge in [-0.25, -0.2) is 10.4 Å². The molecule has 0 bridgehead atoms. The number of methoxy groups -OCH3 is 1. The number of hydrazone groups is 1. The first-order chi connectivity index (χ1) is 14.2. The topological polar surface area (TPSA) is 82.6 Å². The van der Waals surface area contributed by atoms with Crippen molar-refractivity contribution in [3.8, 4) is 5.75 Å². The summed E-state index contributed by atoms with van der Waals surface area (Å²) in [5.41, 5.74) is 6.43. The zero-order chi connectivity index (χ0) is 20.1. The average molecular weight is 389 g/mol. The maximum atomic E-state index is 12.6. The maximum absolute atomic E-state index is 12.6. The molecular weight excluding hydrogens is 366 g/mol. The monoisotopic (exact) mass is 389 g/mol. The van der Waals surface area contributed by atoms with Gasteiger partial charge in [0.1, 0.15) is 5.75 Å². The van der Waals surface area contributed by atoms with Crippen LogP contribution in [-0.4, -0.2) is 34.7 Å². The second-order valence-electron chi connectivity index (χ2n) is 6.93. The van der Waals surface area contributed by atoms with Crippen LogP contribution in [0.1, 0.15) is 22.4 Å². The van der Waals surface area contributed by atoms with Crippen LogP contribution in [0.4, 0.5) is 5.95 Å². The summed E-state index contributed by atoms with van der Waals surface area (Å²) < 4.78 is 5.14. The van der Waals surface area contributed by atoms with E-state index in [-0.39, 0.29) is 5.56 Å². The highest BCUT2D eigenvalue weighted by Crippen LogP contribution is 2.17. The molecule has 2 N–H and O–H groups in total. The van der Waals surface area contributed by atoms with Crippen molar-refractivity contribution in [1.82, 2.24) is 14.9 Å². The highest BCUT2D eigenvalue weighted by atomic mass is 16.5. The SMILES string of the molecule is COc1ccc(/C=N\Nc2nc3c(c(=O)[nH]2)CN(Cc2ccccc2)CC3)cc1. The van der Waals surface area contributed by atoms with Gasteiger partial charge >= 0.3 is 0 Å². The lowest BCUT2D eigenvalue weighted by Crippen LogP contribution is -2.35. The van der Waals surface area contributed by atoms with Crippen LogP contribution in [0.15, 0.2) is 64.5 Å². The van der Waals surface area contributed by atoms with E-state index < -0.39 is 0 Å². The van der Waals surface area contributed by atoms with Crippen molar-refractivity contribution < 1.29 is 4.74 Å². The molecule has 1 aliphatic rings. The number of nitrogens with zero attached hydrogens (tertiary/aromatic N) is 3. The van der Waals surface area contributed by atoms with Gasteiger partial charge in [-0.3, -0.25) is 14.7 Å². The Hall–Kier alpha value is -3.45. The summed E-state index contributed by atoms with van der Waals surface area (Å²) in [7, 11) is 1.63. The molecule has 0 unspecified atom stereocenters. The number of rotatable bonds is 6. The first-order valence-electron chi connectivity index (χ1n) is 9.53. The zero-order valence-electron chi connectivity index (χ0n) is 16.3. The second-order valence-corrected chi connectivity index (χ2v) is 6.93. The smallest absolute Gasteiger partial charge is 0.257 e. The lowest BCUT2D eigenvalue weighted by atomic mass is 10.1. The predicted molar refractivity (Wildman–Crippen MR) is 113 cm³/mol. The normalized spacial score (nSPS) is 14.0. The fraction of sp³-hybridized carbons (Fsp3) is 0.227. The molecule has 148 valence electrons. The number of H-pyrrole nitrogens is 1. The number of aromatic amines is 1. The van der Waals surface area contributed by atoms with E-state index in [1.807, 2.05) is 42.5 Å². The van der Waals surface area contributed by atoms with Crippen molar-refractivity contribution >= 4 is 12.2 Å². The molecule has 2 aromatic carbocycles. The molecule has 0 amide bonds. The second kappa shape index (κ2) is 8.70. The van der Waals surface area contributed by atoms with Crippen LogP contribution in [0.25, 0.3) is 0 Å². The Kier molecular flexibility index (Phi) is 5.67. The molecule has 7 heteroatoms. The third kappa shape index (κ3) is 4.70. The highest BCUT2D eigenvalue weighted by Gasteiger charge is 2.21. The van der Waals surface area contributed by atoms with Crippen LogP contribution >= 0.6 is 0 Å². The fourth-order valence-corrected chi connectivity index (χ4v) is 3.37. The average Bonchev–Trinajstić information content (AvgIpc) is 2.75. The van der Waals surface area contributed by atoms with Crippen LogP contribution in [0.3, 0.4) is 0 Å². The summed E-state index contributed by atoms with van der Waals surface area (Å²) in [5.74, 6) is 1.15. The molecule has 0 fully saturated rings. The molecule has 7 nitrogen and oxygen atoms in total. The number of nitrogens with one attached hydrogen (secondary N) is 2. The molecule has 1 aliphatic heterocycles. The van der Waals surface area contributed by atoms with Gasteiger partial charge in [-0.15, -0.1) is 0 Å². The number of aromatic nitrogens is 2. The van der Waals surface area contributed by atoms with E-state index in [0.29, 0.717) is 12.5 Å². The number of anilines is 1. The lowest BCUT2D eigenvalue weighted by Gasteiger charge is -2.27. The van der Waals surface area contributed by atoms with Gasteiger partial charge in [0, 0.05) is 26.1 Å². The van der Waals surface area contributed by atoms with Gasteiger partial charge in [-0.1, -0.05) is 30.3 Å². The van der Waals surface area contributed by atoms with Crippen molar-refractivity contribution in [3.63, 3.8) is 0 Å². The Bertz CT molecular complexity index is 1050. The van der Waals surface area contributed by atoms with E-state index in [9.17, 15) is 4.79 Å². The zero-order valence-corrected chi connectivity index (χ0v) is 16.3. The molecule has 0 atom stereocenters. The number of hydrogen-bond donors (Lipinski definition) is 2. The van der Waals surface area contributed by atoms with Crippen LogP contribution in [0.5, 0.6) is 5.75 Å². The maximum Gasteiger partial charge on any atom is 0.257 e. The summed E-state index contributed by atoms with van der Waals surface area (Å²) in [4.78, 5) is 22.2. The van der Waals surface area contributed by atoms with Crippen LogP contribution < -0.4 is 15.7 Å². The molecule has 0 spiro atoms. The molecule has 0 saturated carbocycles. The van der Waals surface area contributed by atoms with Crippen molar-refractivity contribution in [2.75, 3.05) is 19.1 Å². The van der Waals surface area contributed by atoms with Gasteiger partial charge in [0.05, 0.1) is 24.6 Å². The molecule has 0 radical (unpaired) electrons. The Balaban J connectivity index is 1.42. The van der Waals surface area contributed by atoms with E-state index in [2.05, 4.69) is 37.5 Å².